The second-order valence-corrected chi connectivity index (χ2v) is 11.8. The lowest BCUT2D eigenvalue weighted by Gasteiger charge is -2.44. The van der Waals surface area contributed by atoms with E-state index in [1.165, 1.54) is 37.8 Å². The topological polar surface area (TPSA) is 61.9 Å². The van der Waals surface area contributed by atoms with Gasteiger partial charge >= 0.3 is 0 Å². The lowest BCUT2D eigenvalue weighted by molar-refractivity contribution is -0.149. The molecule has 3 unspecified atom stereocenters. The van der Waals surface area contributed by atoms with E-state index in [4.69, 9.17) is 4.74 Å². The number of benzene rings is 2. The molecule has 6 heteroatoms. The van der Waals surface area contributed by atoms with Crippen LogP contribution in [0.15, 0.2) is 54.3 Å². The zero-order chi connectivity index (χ0) is 27.9. The monoisotopic (exact) mass is 543 g/mol. The van der Waals surface area contributed by atoms with Crippen LogP contribution in [0, 0.1) is 6.92 Å². The second-order valence-electron chi connectivity index (χ2n) is 11.8. The van der Waals surface area contributed by atoms with Crippen LogP contribution in [0.3, 0.4) is 0 Å². The Kier molecular flexibility index (Phi) is 9.58. The molecule has 2 aliphatic heterocycles. The summed E-state index contributed by atoms with van der Waals surface area (Å²) < 4.78 is 6.29. The Morgan fingerprint density at radius 3 is 2.52 bits per heavy atom. The largest absolute Gasteiger partial charge is 0.482 e. The van der Waals surface area contributed by atoms with Crippen molar-refractivity contribution in [2.45, 2.75) is 96.4 Å². The number of nitrogens with zero attached hydrogens (tertiary/aromatic N) is 2. The molecule has 0 bridgehead atoms. The molecule has 3 atom stereocenters. The van der Waals surface area contributed by atoms with Gasteiger partial charge in [0.1, 0.15) is 6.10 Å². The van der Waals surface area contributed by atoms with Crippen LogP contribution in [-0.4, -0.2) is 59.4 Å². The Morgan fingerprint density at radius 2 is 1.75 bits per heavy atom. The Morgan fingerprint density at radius 1 is 1.00 bits per heavy atom. The van der Waals surface area contributed by atoms with E-state index in [1.807, 2.05) is 35.2 Å². The summed E-state index contributed by atoms with van der Waals surface area (Å²) in [5, 5.41) is 3.08. The SMILES string of the molecule is CCC1CCCCN1CCCNC(=O)c1ccc(/C=C2/OC3CCCCC3N(Cc3ccc(C)cc3)C2=O)cc1. The maximum atomic E-state index is 13.6. The highest BCUT2D eigenvalue weighted by Crippen LogP contribution is 2.34. The molecule has 3 aliphatic rings. The molecular formula is C34H45N3O3. The first kappa shape index (κ1) is 28.4. The summed E-state index contributed by atoms with van der Waals surface area (Å²) in [5.41, 5.74) is 3.85. The molecule has 6 nitrogen and oxygen atoms in total. The van der Waals surface area contributed by atoms with Gasteiger partial charge in [0.05, 0.1) is 6.04 Å². The summed E-state index contributed by atoms with van der Waals surface area (Å²) in [4.78, 5) is 30.9. The maximum Gasteiger partial charge on any atom is 0.289 e. The summed E-state index contributed by atoms with van der Waals surface area (Å²) in [5.74, 6) is 0.296. The van der Waals surface area contributed by atoms with E-state index in [2.05, 4.69) is 48.3 Å². The highest BCUT2D eigenvalue weighted by atomic mass is 16.5. The minimum Gasteiger partial charge on any atom is -0.482 e. The molecule has 2 aromatic carbocycles. The number of aryl methyl sites for hydroxylation is 1. The lowest BCUT2D eigenvalue weighted by Crippen LogP contribution is -2.54. The molecule has 2 amide bonds. The molecule has 214 valence electrons. The average molecular weight is 544 g/mol. The number of amides is 2. The van der Waals surface area contributed by atoms with Gasteiger partial charge in [-0.1, -0.05) is 61.7 Å². The number of carbonyl (C=O) groups is 2. The smallest absolute Gasteiger partial charge is 0.289 e. The second kappa shape index (κ2) is 13.5. The number of morpholine rings is 1. The minimum absolute atomic E-state index is 0.0331. The van der Waals surface area contributed by atoms with Gasteiger partial charge in [0.2, 0.25) is 0 Å². The third-order valence-corrected chi connectivity index (χ3v) is 8.89. The quantitative estimate of drug-likeness (QED) is 0.307. The predicted octanol–water partition coefficient (Wildman–Crippen LogP) is 6.09. The van der Waals surface area contributed by atoms with E-state index < -0.39 is 0 Å². The zero-order valence-electron chi connectivity index (χ0n) is 24.2. The highest BCUT2D eigenvalue weighted by Gasteiger charge is 2.41. The van der Waals surface area contributed by atoms with Gasteiger partial charge in [-0.3, -0.25) is 9.59 Å². The van der Waals surface area contributed by atoms with Gasteiger partial charge in [0, 0.05) is 31.2 Å². The first-order valence-electron chi connectivity index (χ1n) is 15.4. The third kappa shape index (κ3) is 6.95. The third-order valence-electron chi connectivity index (χ3n) is 8.89. The number of hydrogen-bond donors (Lipinski definition) is 1. The van der Waals surface area contributed by atoms with Crippen molar-refractivity contribution in [2.24, 2.45) is 0 Å². The van der Waals surface area contributed by atoms with Gasteiger partial charge in [0.15, 0.2) is 5.76 Å². The molecular weight excluding hydrogens is 498 g/mol. The van der Waals surface area contributed by atoms with Gasteiger partial charge in [-0.2, -0.15) is 0 Å². The molecule has 1 N–H and O–H groups in total. The summed E-state index contributed by atoms with van der Waals surface area (Å²) in [6.45, 7) is 7.85. The number of hydrogen-bond acceptors (Lipinski definition) is 4. The maximum absolute atomic E-state index is 13.6. The molecule has 1 aliphatic carbocycles. The summed E-state index contributed by atoms with van der Waals surface area (Å²) in [6.07, 6.45) is 12.2. The molecule has 0 aromatic heterocycles. The Hall–Kier alpha value is -3.12. The standard InChI is InChI=1S/C34H45N3O3/c1-3-29-9-6-7-21-36(29)22-8-20-35-33(38)28-18-16-26(17-19-28)23-32-34(39)37(24-27-14-12-25(2)13-15-27)30-10-4-5-11-31(30)40-32/h12-19,23,29-31H,3-11,20-22,24H2,1-2H3,(H,35,38)/b32-23+. The van der Waals surface area contributed by atoms with E-state index in [1.54, 1.807) is 0 Å². The summed E-state index contributed by atoms with van der Waals surface area (Å²) >= 11 is 0. The number of rotatable bonds is 9. The average Bonchev–Trinajstić information content (AvgIpc) is 2.99. The first-order valence-corrected chi connectivity index (χ1v) is 15.4. The Labute approximate surface area is 239 Å². The van der Waals surface area contributed by atoms with Crippen molar-refractivity contribution in [1.29, 1.82) is 0 Å². The summed E-state index contributed by atoms with van der Waals surface area (Å²) in [6, 6.07) is 16.7. The van der Waals surface area contributed by atoms with Gasteiger partial charge in [-0.05, 0) is 87.7 Å². The van der Waals surface area contributed by atoms with Crippen molar-refractivity contribution in [3.8, 4) is 0 Å². The normalized spacial score (nSPS) is 24.4. The fourth-order valence-corrected chi connectivity index (χ4v) is 6.54. The predicted molar refractivity (Wildman–Crippen MR) is 160 cm³/mol. The fraction of sp³-hybridized carbons (Fsp3) is 0.529. The molecule has 1 saturated carbocycles. The van der Waals surface area contributed by atoms with Gasteiger partial charge in [-0.25, -0.2) is 0 Å². The van der Waals surface area contributed by atoms with Crippen LogP contribution < -0.4 is 5.32 Å². The molecule has 40 heavy (non-hydrogen) atoms. The van der Waals surface area contributed by atoms with Crippen LogP contribution in [0.4, 0.5) is 0 Å². The van der Waals surface area contributed by atoms with E-state index in [0.29, 0.717) is 30.5 Å². The van der Waals surface area contributed by atoms with Crippen molar-refractivity contribution in [2.75, 3.05) is 19.6 Å². The van der Waals surface area contributed by atoms with Crippen molar-refractivity contribution < 1.29 is 14.3 Å². The van der Waals surface area contributed by atoms with Gasteiger partial charge in [-0.15, -0.1) is 0 Å². The van der Waals surface area contributed by atoms with Crippen molar-refractivity contribution >= 4 is 17.9 Å². The minimum atomic E-state index is -0.0517. The van der Waals surface area contributed by atoms with Crippen LogP contribution >= 0.6 is 0 Å². The number of ether oxygens (including phenoxy) is 1. The number of likely N-dealkylation sites (tertiary alicyclic amines) is 1. The number of nitrogens with one attached hydrogen (secondary N) is 1. The van der Waals surface area contributed by atoms with Crippen LogP contribution in [0.1, 0.15) is 91.8 Å². The highest BCUT2D eigenvalue weighted by molar-refractivity contribution is 5.97. The van der Waals surface area contributed by atoms with E-state index >= 15 is 0 Å². The molecule has 5 rings (SSSR count). The van der Waals surface area contributed by atoms with Crippen molar-refractivity contribution in [3.63, 3.8) is 0 Å². The Balaban J connectivity index is 1.19. The zero-order valence-corrected chi connectivity index (χ0v) is 24.2. The van der Waals surface area contributed by atoms with Crippen LogP contribution in [0.2, 0.25) is 0 Å². The Bertz CT molecular complexity index is 1170. The van der Waals surface area contributed by atoms with E-state index in [-0.39, 0.29) is 24.0 Å². The molecule has 3 fully saturated rings. The number of carbonyl (C=O) groups excluding carboxylic acids is 2. The molecule has 0 spiro atoms. The molecule has 0 radical (unpaired) electrons. The summed E-state index contributed by atoms with van der Waals surface area (Å²) in [7, 11) is 0. The molecule has 2 heterocycles. The van der Waals surface area contributed by atoms with Crippen LogP contribution in [0.5, 0.6) is 0 Å². The van der Waals surface area contributed by atoms with Gasteiger partial charge < -0.3 is 19.9 Å². The van der Waals surface area contributed by atoms with E-state index in [9.17, 15) is 9.59 Å². The van der Waals surface area contributed by atoms with Crippen molar-refractivity contribution in [1.82, 2.24) is 15.1 Å². The van der Waals surface area contributed by atoms with Crippen molar-refractivity contribution in [3.05, 3.63) is 76.5 Å². The van der Waals surface area contributed by atoms with Crippen LogP contribution in [-0.2, 0) is 16.1 Å². The molecule has 2 aromatic rings. The lowest BCUT2D eigenvalue weighted by atomic mass is 9.89. The van der Waals surface area contributed by atoms with Crippen LogP contribution in [0.25, 0.3) is 6.08 Å². The van der Waals surface area contributed by atoms with E-state index in [0.717, 1.165) is 49.8 Å². The first-order chi connectivity index (χ1) is 19.5. The molecule has 2 saturated heterocycles. The van der Waals surface area contributed by atoms with Gasteiger partial charge in [0.25, 0.3) is 11.8 Å². The number of fused-ring (bicyclic) bond motifs is 1. The fourth-order valence-electron chi connectivity index (χ4n) is 6.54. The number of piperidine rings is 1.